The summed E-state index contributed by atoms with van der Waals surface area (Å²) in [6.45, 7) is 12.6. The minimum Gasteiger partial charge on any atom is -0.497 e. The topological polar surface area (TPSA) is 71.1 Å². The van der Waals surface area contributed by atoms with E-state index >= 15 is 0 Å². The van der Waals surface area contributed by atoms with E-state index in [0.717, 1.165) is 37.9 Å². The van der Waals surface area contributed by atoms with Crippen molar-refractivity contribution in [3.05, 3.63) is 65.7 Å². The highest BCUT2D eigenvalue weighted by Crippen LogP contribution is 2.36. The molecular weight excluding hydrogens is 544 g/mol. The number of carbonyl (C=O) groups excluding carboxylic acids is 2. The second-order valence-corrected chi connectivity index (χ2v) is 17.5. The Labute approximate surface area is 255 Å². The van der Waals surface area contributed by atoms with E-state index in [2.05, 4.69) is 33.9 Å². The molecule has 7 heteroatoms. The molecule has 0 aliphatic heterocycles. The lowest BCUT2D eigenvalue weighted by atomic mass is 10.0. The maximum Gasteiger partial charge on any atom is 0.347 e. The number of methoxy groups -OCH3 is 1. The number of hydrogen-bond donors (Lipinski definition) is 0. The van der Waals surface area contributed by atoms with Crippen molar-refractivity contribution in [2.45, 2.75) is 122 Å². The van der Waals surface area contributed by atoms with Gasteiger partial charge in [-0.25, -0.2) is 9.59 Å². The van der Waals surface area contributed by atoms with Gasteiger partial charge in [0.2, 0.25) is 0 Å². The van der Waals surface area contributed by atoms with Gasteiger partial charge in [-0.15, -0.1) is 0 Å². The van der Waals surface area contributed by atoms with Crippen LogP contribution in [0, 0.1) is 0 Å². The first kappa shape index (κ1) is 35.6. The largest absolute Gasteiger partial charge is 0.497 e. The number of benzene rings is 2. The molecular formula is C35H54O6Si. The molecule has 2 aromatic rings. The zero-order chi connectivity index (χ0) is 30.8. The quantitative estimate of drug-likeness (QED) is 0.0859. The molecule has 2 rings (SSSR count). The molecule has 0 saturated heterocycles. The van der Waals surface area contributed by atoms with Crippen LogP contribution in [0.2, 0.25) is 18.1 Å². The van der Waals surface area contributed by atoms with Gasteiger partial charge in [-0.05, 0) is 67.2 Å². The van der Waals surface area contributed by atoms with Gasteiger partial charge in [-0.1, -0.05) is 102 Å². The van der Waals surface area contributed by atoms with Gasteiger partial charge in [0.15, 0.2) is 14.4 Å². The molecule has 6 nitrogen and oxygen atoms in total. The van der Waals surface area contributed by atoms with Gasteiger partial charge in [-0.2, -0.15) is 0 Å². The second kappa shape index (κ2) is 18.8. The number of carbonyl (C=O) groups is 2. The Morgan fingerprint density at radius 3 is 1.86 bits per heavy atom. The van der Waals surface area contributed by atoms with Gasteiger partial charge in [-0.3, -0.25) is 0 Å². The summed E-state index contributed by atoms with van der Waals surface area (Å²) in [5.74, 6) is -0.390. The molecule has 0 amide bonds. The van der Waals surface area contributed by atoms with E-state index in [9.17, 15) is 9.59 Å². The average molecular weight is 599 g/mol. The first-order chi connectivity index (χ1) is 20.0. The third-order valence-electron chi connectivity index (χ3n) is 8.19. The van der Waals surface area contributed by atoms with E-state index in [-0.39, 0.29) is 11.6 Å². The fourth-order valence-electron chi connectivity index (χ4n) is 4.36. The van der Waals surface area contributed by atoms with Gasteiger partial charge in [0.1, 0.15) is 12.4 Å². The highest BCUT2D eigenvalue weighted by Gasteiger charge is 2.36. The van der Waals surface area contributed by atoms with E-state index in [4.69, 9.17) is 18.6 Å². The number of esters is 2. The molecule has 1 atom stereocenters. The van der Waals surface area contributed by atoms with Crippen LogP contribution >= 0.6 is 0 Å². The molecule has 0 heterocycles. The maximum absolute atomic E-state index is 12.9. The van der Waals surface area contributed by atoms with E-state index in [1.807, 2.05) is 30.3 Å². The Balaban J connectivity index is 1.66. The van der Waals surface area contributed by atoms with Crippen LogP contribution in [-0.4, -0.2) is 40.1 Å². The van der Waals surface area contributed by atoms with E-state index < -0.39 is 26.4 Å². The van der Waals surface area contributed by atoms with Crippen molar-refractivity contribution in [2.75, 3.05) is 13.7 Å². The van der Waals surface area contributed by atoms with Gasteiger partial charge in [0.25, 0.3) is 0 Å². The van der Waals surface area contributed by atoms with Crippen molar-refractivity contribution < 1.29 is 28.2 Å². The van der Waals surface area contributed by atoms with Crippen LogP contribution in [0.1, 0.15) is 107 Å². The fraction of sp³-hybridized carbons (Fsp3) is 0.600. The molecule has 0 bridgehead atoms. The molecule has 0 aromatic heterocycles. The number of ether oxygens (including phenoxy) is 3. The molecule has 0 radical (unpaired) electrons. The number of hydrogen-bond acceptors (Lipinski definition) is 6. The van der Waals surface area contributed by atoms with Gasteiger partial charge in [0, 0.05) is 6.61 Å². The monoisotopic (exact) mass is 598 g/mol. The molecule has 0 aliphatic carbocycles. The zero-order valence-corrected chi connectivity index (χ0v) is 27.9. The molecule has 0 saturated carbocycles. The van der Waals surface area contributed by atoms with Crippen LogP contribution in [0.25, 0.3) is 0 Å². The van der Waals surface area contributed by atoms with Crippen LogP contribution in [0.3, 0.4) is 0 Å². The lowest BCUT2D eigenvalue weighted by molar-refractivity contribution is -0.155. The molecule has 0 aliphatic rings. The van der Waals surface area contributed by atoms with Crippen molar-refractivity contribution in [1.29, 1.82) is 0 Å². The molecule has 2 aromatic carbocycles. The highest BCUT2D eigenvalue weighted by atomic mass is 28.4. The summed E-state index contributed by atoms with van der Waals surface area (Å²) in [5, 5.41) is 0.279. The SMILES string of the molecule is COc1ccc(C(=O)O[C@H](CCCCCCCCCCCCO[Si](C)(C)C(C)(C)C)C(=O)OCc2ccccc2)cc1. The molecule has 0 unspecified atom stereocenters. The number of rotatable bonds is 20. The number of unbranched alkanes of at least 4 members (excludes halogenated alkanes) is 9. The molecule has 0 N–H and O–H groups in total. The Morgan fingerprint density at radius 1 is 0.762 bits per heavy atom. The summed E-state index contributed by atoms with van der Waals surface area (Å²) in [7, 11) is -0.0461. The standard InChI is InChI=1S/C35H54O6Si/c1-35(2,3)42(5,6)40-27-19-14-12-10-8-7-9-11-13-18-22-32(34(37)39-28-29-20-16-15-17-21-29)41-33(36)30-23-25-31(38-4)26-24-30/h15-17,20-21,23-26,32H,7-14,18-19,22,27-28H2,1-6H3/t32-/m1/s1. The molecule has 0 spiro atoms. The van der Waals surface area contributed by atoms with Gasteiger partial charge < -0.3 is 18.6 Å². The molecule has 234 valence electrons. The summed E-state index contributed by atoms with van der Waals surface area (Å²) in [6, 6.07) is 16.2. The zero-order valence-electron chi connectivity index (χ0n) is 26.9. The van der Waals surface area contributed by atoms with E-state index in [1.54, 1.807) is 31.4 Å². The van der Waals surface area contributed by atoms with Crippen molar-refractivity contribution in [1.82, 2.24) is 0 Å². The minimum atomic E-state index is -1.62. The highest BCUT2D eigenvalue weighted by molar-refractivity contribution is 6.74. The smallest absolute Gasteiger partial charge is 0.347 e. The lowest BCUT2D eigenvalue weighted by Gasteiger charge is -2.36. The average Bonchev–Trinajstić information content (AvgIpc) is 2.97. The van der Waals surface area contributed by atoms with Crippen molar-refractivity contribution in [3.8, 4) is 5.75 Å². The molecule has 0 fully saturated rings. The minimum absolute atomic E-state index is 0.153. The maximum atomic E-state index is 12.9. The molecule has 42 heavy (non-hydrogen) atoms. The lowest BCUT2D eigenvalue weighted by Crippen LogP contribution is -2.40. The summed E-state index contributed by atoms with van der Waals surface area (Å²) in [5.41, 5.74) is 1.27. The summed E-state index contributed by atoms with van der Waals surface area (Å²) in [4.78, 5) is 25.6. The van der Waals surface area contributed by atoms with Crippen LogP contribution in [0.5, 0.6) is 5.75 Å². The van der Waals surface area contributed by atoms with Crippen molar-refractivity contribution >= 4 is 20.3 Å². The van der Waals surface area contributed by atoms with Gasteiger partial charge >= 0.3 is 11.9 Å². The van der Waals surface area contributed by atoms with E-state index in [1.165, 1.54) is 38.5 Å². The van der Waals surface area contributed by atoms with Gasteiger partial charge in [0.05, 0.1) is 12.7 Å². The van der Waals surface area contributed by atoms with Crippen molar-refractivity contribution in [3.63, 3.8) is 0 Å². The van der Waals surface area contributed by atoms with Crippen LogP contribution < -0.4 is 4.74 Å². The third kappa shape index (κ3) is 13.6. The third-order valence-corrected chi connectivity index (χ3v) is 12.7. The summed E-state index contributed by atoms with van der Waals surface area (Å²) < 4.78 is 22.6. The fourth-order valence-corrected chi connectivity index (χ4v) is 5.45. The second-order valence-electron chi connectivity index (χ2n) is 12.6. The Bertz CT molecular complexity index is 1030. The normalized spacial score (nSPS) is 12.5. The predicted octanol–water partition coefficient (Wildman–Crippen LogP) is 9.28. The van der Waals surface area contributed by atoms with Crippen LogP contribution in [0.15, 0.2) is 54.6 Å². The first-order valence-corrected chi connectivity index (χ1v) is 18.6. The summed E-state index contributed by atoms with van der Waals surface area (Å²) in [6.07, 6.45) is 11.0. The Morgan fingerprint density at radius 2 is 1.31 bits per heavy atom. The van der Waals surface area contributed by atoms with E-state index in [0.29, 0.717) is 17.7 Å². The van der Waals surface area contributed by atoms with Crippen LogP contribution in [0.4, 0.5) is 0 Å². The predicted molar refractivity (Wildman–Crippen MR) is 172 cm³/mol. The summed E-state index contributed by atoms with van der Waals surface area (Å²) >= 11 is 0. The Kier molecular flexibility index (Phi) is 15.9. The Hall–Kier alpha value is -2.64. The van der Waals surface area contributed by atoms with Crippen molar-refractivity contribution in [2.24, 2.45) is 0 Å². The van der Waals surface area contributed by atoms with Crippen LogP contribution in [-0.2, 0) is 25.3 Å². The first-order valence-electron chi connectivity index (χ1n) is 15.7.